The molecule has 2 rings (SSSR count). The van der Waals surface area contributed by atoms with Crippen molar-refractivity contribution < 1.29 is 19.4 Å². The molecule has 7 heteroatoms. The molecule has 0 saturated carbocycles. The summed E-state index contributed by atoms with van der Waals surface area (Å²) in [4.78, 5) is 26.7. The third-order valence-electron chi connectivity index (χ3n) is 2.41. The van der Waals surface area contributed by atoms with E-state index in [-0.39, 0.29) is 16.8 Å². The number of phenolic OH excluding ortho intramolecular Hbond substituents is 1. The highest BCUT2D eigenvalue weighted by Gasteiger charge is 2.22. The second-order valence-corrected chi connectivity index (χ2v) is 4.98. The van der Waals surface area contributed by atoms with Crippen LogP contribution >= 0.6 is 11.8 Å². The maximum Gasteiger partial charge on any atom is 0.286 e. The average molecular weight is 292 g/mol. The highest BCUT2D eigenvalue weighted by molar-refractivity contribution is 8.18. The molecule has 0 aliphatic carbocycles. The number of amides is 2. The molecule has 0 atom stereocenters. The normalized spacial score (nSPS) is 16.2. The summed E-state index contributed by atoms with van der Waals surface area (Å²) in [6, 6.07) is 4.73. The van der Waals surface area contributed by atoms with E-state index in [1.54, 1.807) is 18.2 Å². The third-order valence-corrected chi connectivity index (χ3v) is 3.30. The summed E-state index contributed by atoms with van der Waals surface area (Å²) in [6.07, 6.45) is 1.62. The Balaban J connectivity index is 2.21. The van der Waals surface area contributed by atoms with Gasteiger partial charge in [-0.15, -0.1) is 0 Å². The van der Waals surface area contributed by atoms with Crippen molar-refractivity contribution in [2.45, 2.75) is 6.92 Å². The molecular formula is C13H12N2O4S. The van der Waals surface area contributed by atoms with E-state index in [9.17, 15) is 14.7 Å². The topological polar surface area (TPSA) is 88.0 Å². The van der Waals surface area contributed by atoms with Crippen molar-refractivity contribution in [2.24, 2.45) is 4.99 Å². The average Bonchev–Trinajstić information content (AvgIpc) is 2.71. The van der Waals surface area contributed by atoms with Gasteiger partial charge in [0.2, 0.25) is 5.91 Å². The van der Waals surface area contributed by atoms with E-state index in [1.807, 2.05) is 0 Å². The number of amidine groups is 1. The first kappa shape index (κ1) is 14.1. The van der Waals surface area contributed by atoms with Gasteiger partial charge >= 0.3 is 0 Å². The van der Waals surface area contributed by atoms with E-state index in [0.29, 0.717) is 16.2 Å². The Labute approximate surface area is 119 Å². The minimum Gasteiger partial charge on any atom is -0.504 e. The Morgan fingerprint density at radius 1 is 1.50 bits per heavy atom. The van der Waals surface area contributed by atoms with Crippen LogP contribution < -0.4 is 10.1 Å². The van der Waals surface area contributed by atoms with Gasteiger partial charge in [0, 0.05) is 6.92 Å². The van der Waals surface area contributed by atoms with Gasteiger partial charge in [0.15, 0.2) is 16.7 Å². The summed E-state index contributed by atoms with van der Waals surface area (Å²) >= 11 is 1.09. The Morgan fingerprint density at radius 3 is 2.90 bits per heavy atom. The van der Waals surface area contributed by atoms with Gasteiger partial charge in [-0.1, -0.05) is 6.07 Å². The van der Waals surface area contributed by atoms with Crippen LogP contribution in [-0.2, 0) is 9.59 Å². The number of aromatic hydroxyl groups is 1. The van der Waals surface area contributed by atoms with Crippen molar-refractivity contribution in [3.05, 3.63) is 28.7 Å². The Hall–Kier alpha value is -2.28. The molecule has 6 nitrogen and oxygen atoms in total. The zero-order valence-electron chi connectivity index (χ0n) is 10.8. The quantitative estimate of drug-likeness (QED) is 0.807. The highest BCUT2D eigenvalue weighted by atomic mass is 32.2. The molecule has 2 amide bonds. The second kappa shape index (κ2) is 5.79. The first-order chi connectivity index (χ1) is 9.49. The van der Waals surface area contributed by atoms with Crippen molar-refractivity contribution in [2.75, 3.05) is 7.11 Å². The molecule has 0 radical (unpaired) electrons. The number of thioether (sulfide) groups is 1. The molecule has 1 aromatic rings. The maximum atomic E-state index is 11.7. The summed E-state index contributed by atoms with van der Waals surface area (Å²) in [5.41, 5.74) is 0.690. The van der Waals surface area contributed by atoms with Crippen LogP contribution in [0.25, 0.3) is 6.08 Å². The predicted octanol–water partition coefficient (Wildman–Crippen LogP) is 1.51. The Morgan fingerprint density at radius 2 is 2.25 bits per heavy atom. The van der Waals surface area contributed by atoms with Gasteiger partial charge in [-0.2, -0.15) is 4.99 Å². The molecule has 0 bridgehead atoms. The van der Waals surface area contributed by atoms with E-state index < -0.39 is 5.91 Å². The number of methoxy groups -OCH3 is 1. The van der Waals surface area contributed by atoms with Gasteiger partial charge in [-0.25, -0.2) is 0 Å². The molecule has 1 aliphatic heterocycles. The lowest BCUT2D eigenvalue weighted by Crippen LogP contribution is -2.23. The molecule has 1 heterocycles. The number of benzene rings is 1. The first-order valence-electron chi connectivity index (χ1n) is 5.67. The maximum absolute atomic E-state index is 11.7. The van der Waals surface area contributed by atoms with Gasteiger partial charge < -0.3 is 15.2 Å². The molecular weight excluding hydrogens is 280 g/mol. The monoisotopic (exact) mass is 292 g/mol. The number of aliphatic imine (C=N–C) groups is 1. The molecule has 104 valence electrons. The lowest BCUT2D eigenvalue weighted by molar-refractivity contribution is -0.117. The van der Waals surface area contributed by atoms with Crippen LogP contribution in [0.1, 0.15) is 12.5 Å². The fourth-order valence-corrected chi connectivity index (χ4v) is 2.41. The van der Waals surface area contributed by atoms with Crippen LogP contribution in [-0.4, -0.2) is 29.2 Å². The molecule has 2 N–H and O–H groups in total. The Bertz CT molecular complexity index is 637. The lowest BCUT2D eigenvalue weighted by Gasteiger charge is -2.04. The molecule has 1 aromatic carbocycles. The number of ether oxygens (including phenoxy) is 1. The predicted molar refractivity (Wildman–Crippen MR) is 76.5 cm³/mol. The first-order valence-corrected chi connectivity index (χ1v) is 6.48. The van der Waals surface area contributed by atoms with E-state index in [1.165, 1.54) is 20.1 Å². The SMILES string of the molecule is COc1cc(/C=C2\SC(NC(C)=O)=NC2=O)ccc1O. The van der Waals surface area contributed by atoms with E-state index in [2.05, 4.69) is 10.3 Å². The zero-order valence-corrected chi connectivity index (χ0v) is 11.7. The van der Waals surface area contributed by atoms with Crippen LogP contribution in [0.2, 0.25) is 0 Å². The fourth-order valence-electron chi connectivity index (χ4n) is 1.55. The van der Waals surface area contributed by atoms with Crippen LogP contribution in [0.3, 0.4) is 0 Å². The van der Waals surface area contributed by atoms with Crippen LogP contribution in [0.15, 0.2) is 28.1 Å². The zero-order chi connectivity index (χ0) is 14.7. The lowest BCUT2D eigenvalue weighted by atomic mass is 10.2. The van der Waals surface area contributed by atoms with Gasteiger partial charge in [0.25, 0.3) is 5.91 Å². The van der Waals surface area contributed by atoms with Crippen molar-refractivity contribution in [1.29, 1.82) is 0 Å². The highest BCUT2D eigenvalue weighted by Crippen LogP contribution is 2.31. The molecule has 1 aliphatic rings. The number of phenols is 1. The van der Waals surface area contributed by atoms with Crippen molar-refractivity contribution in [1.82, 2.24) is 5.32 Å². The van der Waals surface area contributed by atoms with Crippen LogP contribution in [0.5, 0.6) is 11.5 Å². The number of hydrogen-bond acceptors (Lipinski definition) is 5. The van der Waals surface area contributed by atoms with Crippen molar-refractivity contribution in [3.63, 3.8) is 0 Å². The van der Waals surface area contributed by atoms with Gasteiger partial charge in [0.05, 0.1) is 12.0 Å². The van der Waals surface area contributed by atoms with Gasteiger partial charge in [0.1, 0.15) is 0 Å². The van der Waals surface area contributed by atoms with Gasteiger partial charge in [-0.05, 0) is 35.5 Å². The van der Waals surface area contributed by atoms with E-state index in [4.69, 9.17) is 4.74 Å². The number of nitrogens with one attached hydrogen (secondary N) is 1. The number of carbonyl (C=O) groups is 2. The summed E-state index contributed by atoms with van der Waals surface area (Å²) in [5.74, 6) is -0.351. The molecule has 0 unspecified atom stereocenters. The Kier molecular flexibility index (Phi) is 4.09. The van der Waals surface area contributed by atoms with E-state index in [0.717, 1.165) is 11.8 Å². The van der Waals surface area contributed by atoms with Crippen molar-refractivity contribution in [3.8, 4) is 11.5 Å². The summed E-state index contributed by atoms with van der Waals surface area (Å²) in [5, 5.41) is 12.2. The summed E-state index contributed by atoms with van der Waals surface area (Å²) < 4.78 is 4.99. The third kappa shape index (κ3) is 3.18. The number of hydrogen-bond donors (Lipinski definition) is 2. The molecule has 20 heavy (non-hydrogen) atoms. The van der Waals surface area contributed by atoms with Crippen molar-refractivity contribution >= 4 is 34.8 Å². The van der Waals surface area contributed by atoms with Crippen LogP contribution in [0.4, 0.5) is 0 Å². The second-order valence-electron chi connectivity index (χ2n) is 3.95. The van der Waals surface area contributed by atoms with Crippen LogP contribution in [0, 0.1) is 0 Å². The minimum absolute atomic E-state index is 0.0234. The number of rotatable bonds is 2. The largest absolute Gasteiger partial charge is 0.504 e. The summed E-state index contributed by atoms with van der Waals surface area (Å²) in [7, 11) is 1.44. The molecule has 0 fully saturated rings. The number of nitrogens with zero attached hydrogens (tertiary/aromatic N) is 1. The van der Waals surface area contributed by atoms with Gasteiger partial charge in [-0.3, -0.25) is 9.59 Å². The summed E-state index contributed by atoms with van der Waals surface area (Å²) in [6.45, 7) is 1.35. The molecule has 0 aromatic heterocycles. The molecule has 0 spiro atoms. The standard InChI is InChI=1S/C13H12N2O4S/c1-7(16)14-13-15-12(18)11(20-13)6-8-3-4-9(17)10(5-8)19-2/h3-6,17H,1-2H3,(H,14,15,16,18)/b11-6-. The van der Waals surface area contributed by atoms with E-state index >= 15 is 0 Å². The minimum atomic E-state index is -0.411. The fraction of sp³-hybridized carbons (Fsp3) is 0.154. The number of carbonyl (C=O) groups excluding carboxylic acids is 2. The smallest absolute Gasteiger partial charge is 0.286 e. The molecule has 0 saturated heterocycles.